The Hall–Kier alpha value is -2.84. The molecule has 2 N–H and O–H groups in total. The zero-order valence-corrected chi connectivity index (χ0v) is 24.5. The third-order valence-electron chi connectivity index (χ3n) is 7.43. The first-order chi connectivity index (χ1) is 19.0. The Labute approximate surface area is 242 Å². The van der Waals surface area contributed by atoms with Gasteiger partial charge in [0.2, 0.25) is 11.8 Å². The third kappa shape index (κ3) is 8.13. The molecule has 41 heavy (non-hydrogen) atoms. The molecule has 2 amide bonds. The van der Waals surface area contributed by atoms with Gasteiger partial charge >= 0.3 is 12.1 Å². The molecule has 1 saturated heterocycles. The molecule has 1 aromatic rings. The van der Waals surface area contributed by atoms with Gasteiger partial charge in [0.15, 0.2) is 0 Å². The molecule has 2 heterocycles. The van der Waals surface area contributed by atoms with Crippen molar-refractivity contribution in [3.63, 3.8) is 0 Å². The molecule has 1 aliphatic carbocycles. The van der Waals surface area contributed by atoms with E-state index < -0.39 is 34.1 Å². The molecule has 2 fully saturated rings. The Morgan fingerprint density at radius 1 is 1.10 bits per heavy atom. The lowest BCUT2D eigenvalue weighted by atomic mass is 10.1. The number of sulfonamides is 1. The van der Waals surface area contributed by atoms with Crippen LogP contribution in [-0.4, -0.2) is 89.9 Å². The van der Waals surface area contributed by atoms with Gasteiger partial charge in [-0.2, -0.15) is 13.2 Å². The monoisotopic (exact) mass is 622 g/mol. The molecule has 228 valence electrons. The Balaban J connectivity index is 0.000000587. The van der Waals surface area contributed by atoms with E-state index in [0.29, 0.717) is 41.3 Å². The molecule has 4 rings (SSSR count). The molecule has 1 saturated carbocycles. The Morgan fingerprint density at radius 2 is 1.71 bits per heavy atom. The first-order valence-electron chi connectivity index (χ1n) is 13.1. The van der Waals surface area contributed by atoms with Gasteiger partial charge in [0, 0.05) is 42.6 Å². The number of carbonyl (C=O) groups excluding carboxylic acids is 2. The van der Waals surface area contributed by atoms with Crippen LogP contribution in [-0.2, 0) is 24.4 Å². The van der Waals surface area contributed by atoms with Crippen LogP contribution in [0.25, 0.3) is 0 Å². The molecule has 2 atom stereocenters. The van der Waals surface area contributed by atoms with Crippen LogP contribution in [0, 0.1) is 13.8 Å². The molecule has 15 heteroatoms. The molecule has 0 aromatic heterocycles. The second-order valence-electron chi connectivity index (χ2n) is 10.4. The average Bonchev–Trinajstić information content (AvgIpc) is 3.74. The van der Waals surface area contributed by atoms with Crippen molar-refractivity contribution in [2.45, 2.75) is 81.6 Å². The minimum Gasteiger partial charge on any atom is -0.475 e. The number of carboxylic acid groups (broad SMARTS) is 1. The van der Waals surface area contributed by atoms with Crippen LogP contribution in [0.3, 0.4) is 0 Å². The molecule has 0 radical (unpaired) electrons. The number of nitrogens with one attached hydrogen (secondary N) is 1. The number of aryl methyl sites for hydroxylation is 2. The Morgan fingerprint density at radius 3 is 2.29 bits per heavy atom. The van der Waals surface area contributed by atoms with Crippen LogP contribution >= 0.6 is 11.6 Å². The molecule has 1 aromatic carbocycles. The summed E-state index contributed by atoms with van der Waals surface area (Å²) in [5, 5.41) is 10.2. The van der Waals surface area contributed by atoms with Gasteiger partial charge in [0.25, 0.3) is 10.0 Å². The highest BCUT2D eigenvalue weighted by atomic mass is 35.5. The number of carboxylic acids is 1. The second kappa shape index (κ2) is 13.0. The number of likely N-dealkylation sites (tertiary alicyclic amines) is 1. The summed E-state index contributed by atoms with van der Waals surface area (Å²) in [4.78, 5) is 39.2. The number of halogens is 4. The van der Waals surface area contributed by atoms with Gasteiger partial charge in [-0.25, -0.2) is 13.2 Å². The van der Waals surface area contributed by atoms with Crippen molar-refractivity contribution in [1.82, 2.24) is 19.4 Å². The van der Waals surface area contributed by atoms with E-state index in [1.165, 1.54) is 31.3 Å². The largest absolute Gasteiger partial charge is 0.490 e. The average molecular weight is 623 g/mol. The summed E-state index contributed by atoms with van der Waals surface area (Å²) < 4.78 is 59.8. The van der Waals surface area contributed by atoms with Gasteiger partial charge in [-0.05, 0) is 76.3 Å². The molecule has 0 bridgehead atoms. The van der Waals surface area contributed by atoms with Gasteiger partial charge in [-0.15, -0.1) is 0 Å². The van der Waals surface area contributed by atoms with Gasteiger partial charge in [0.1, 0.15) is 6.04 Å². The summed E-state index contributed by atoms with van der Waals surface area (Å²) >= 11 is 6.15. The van der Waals surface area contributed by atoms with Crippen molar-refractivity contribution in [3.8, 4) is 0 Å². The minimum absolute atomic E-state index is 0.0759. The lowest BCUT2D eigenvalue weighted by Crippen LogP contribution is -2.51. The summed E-state index contributed by atoms with van der Waals surface area (Å²) in [7, 11) is -1.90. The van der Waals surface area contributed by atoms with Gasteiger partial charge in [-0.1, -0.05) is 11.6 Å². The fraction of sp³-hybridized carbons (Fsp3) is 0.577. The molecule has 3 aliphatic rings. The number of hydrogen-bond donors (Lipinski definition) is 2. The summed E-state index contributed by atoms with van der Waals surface area (Å²) in [6.45, 7) is 4.64. The summed E-state index contributed by atoms with van der Waals surface area (Å²) in [6.07, 6.45) is 2.65. The highest BCUT2D eigenvalue weighted by Crippen LogP contribution is 2.31. The van der Waals surface area contributed by atoms with Crippen molar-refractivity contribution in [2.75, 3.05) is 20.1 Å². The van der Waals surface area contributed by atoms with E-state index in [1.807, 2.05) is 0 Å². The van der Waals surface area contributed by atoms with E-state index in [9.17, 15) is 31.2 Å². The molecular formula is C26H34ClF3N4O6S. The quantitative estimate of drug-likeness (QED) is 0.498. The fourth-order valence-corrected chi connectivity index (χ4v) is 6.86. The highest BCUT2D eigenvalue weighted by molar-refractivity contribution is 7.89. The van der Waals surface area contributed by atoms with E-state index >= 15 is 0 Å². The maximum Gasteiger partial charge on any atom is 0.490 e. The summed E-state index contributed by atoms with van der Waals surface area (Å²) in [5.41, 5.74) is 1.11. The van der Waals surface area contributed by atoms with E-state index in [1.54, 1.807) is 24.8 Å². The molecule has 1 unspecified atom stereocenters. The molecule has 2 aliphatic heterocycles. The number of carbonyl (C=O) groups is 3. The normalized spacial score (nSPS) is 21.6. The number of hydrogen-bond acceptors (Lipinski definition) is 6. The predicted molar refractivity (Wildman–Crippen MR) is 144 cm³/mol. The zero-order valence-electron chi connectivity index (χ0n) is 22.9. The van der Waals surface area contributed by atoms with Crippen LogP contribution in [0.15, 0.2) is 29.4 Å². The maximum atomic E-state index is 13.5. The number of benzene rings is 1. The Bertz CT molecular complexity index is 1300. The first kappa shape index (κ1) is 32.7. The minimum atomic E-state index is -5.08. The van der Waals surface area contributed by atoms with Gasteiger partial charge in [-0.3, -0.25) is 13.9 Å². The van der Waals surface area contributed by atoms with Gasteiger partial charge < -0.3 is 20.2 Å². The number of rotatable bonds is 6. The zero-order chi connectivity index (χ0) is 30.7. The lowest BCUT2D eigenvalue weighted by Gasteiger charge is -2.33. The molecule has 10 nitrogen and oxygen atoms in total. The van der Waals surface area contributed by atoms with E-state index in [-0.39, 0.29) is 17.2 Å². The lowest BCUT2D eigenvalue weighted by molar-refractivity contribution is -0.192. The Kier molecular flexibility index (Phi) is 10.4. The number of amides is 2. The van der Waals surface area contributed by atoms with Crippen molar-refractivity contribution in [1.29, 1.82) is 0 Å². The van der Waals surface area contributed by atoms with E-state index in [4.69, 9.17) is 21.5 Å². The number of alkyl halides is 3. The second-order valence-corrected chi connectivity index (χ2v) is 12.6. The predicted octanol–water partition coefficient (Wildman–Crippen LogP) is 3.42. The van der Waals surface area contributed by atoms with Crippen LogP contribution in [0.5, 0.6) is 0 Å². The highest BCUT2D eigenvalue weighted by Gasteiger charge is 2.40. The van der Waals surface area contributed by atoms with Crippen molar-refractivity contribution in [2.24, 2.45) is 0 Å². The van der Waals surface area contributed by atoms with E-state index in [2.05, 4.69) is 17.3 Å². The number of aliphatic carboxylic acids is 1. The standard InChI is InChI=1S/C24H33ClN4O4S.C2HF3O2/c1-16-14-22(17(2)13-20(16)25)34(32,33)29-12-9-26-24(31)21(29)15-23(30)28-10-4-5-18(8-11-28)27(3)19-6-7-19;3-2(4,5)1(6)7/h9,12-14,18-19,21H,4-8,10-11,15H2,1-3H3,(H,26,31);(H,6,7)/t18?,21-;/m1./s1. The van der Waals surface area contributed by atoms with Crippen LogP contribution in [0.1, 0.15) is 49.7 Å². The van der Waals surface area contributed by atoms with Gasteiger partial charge in [0.05, 0.1) is 11.3 Å². The van der Waals surface area contributed by atoms with Crippen molar-refractivity contribution < 1.29 is 41.1 Å². The molecular weight excluding hydrogens is 589 g/mol. The summed E-state index contributed by atoms with van der Waals surface area (Å²) in [6, 6.07) is 3.09. The smallest absolute Gasteiger partial charge is 0.475 e. The fourth-order valence-electron chi connectivity index (χ4n) is 4.89. The number of nitrogens with zero attached hydrogens (tertiary/aromatic N) is 3. The third-order valence-corrected chi connectivity index (χ3v) is 9.76. The van der Waals surface area contributed by atoms with Crippen molar-refractivity contribution >= 4 is 39.4 Å². The van der Waals surface area contributed by atoms with Crippen molar-refractivity contribution in [3.05, 3.63) is 40.7 Å². The first-order valence-corrected chi connectivity index (χ1v) is 14.9. The SMILES string of the molecule is Cc1cc(S(=O)(=O)N2C=CNC(=O)[C@H]2CC(=O)N2CCCC(N(C)C3CC3)CC2)c(C)cc1Cl.O=C(O)C(F)(F)F. The summed E-state index contributed by atoms with van der Waals surface area (Å²) in [5.74, 6) is -3.47. The van der Waals surface area contributed by atoms with Crippen LogP contribution in [0.4, 0.5) is 13.2 Å². The maximum absolute atomic E-state index is 13.5. The van der Waals surface area contributed by atoms with E-state index in [0.717, 1.165) is 23.6 Å². The topological polar surface area (TPSA) is 127 Å². The van der Waals surface area contributed by atoms with Crippen LogP contribution < -0.4 is 5.32 Å². The molecule has 0 spiro atoms. The van der Waals surface area contributed by atoms with Crippen LogP contribution in [0.2, 0.25) is 5.02 Å².